The molecule has 1 heteroatoms. The molecule has 0 spiro atoms. The Labute approximate surface area is 133 Å². The van der Waals surface area contributed by atoms with E-state index in [1.807, 2.05) is 0 Å². The van der Waals surface area contributed by atoms with Gasteiger partial charge >= 0.3 is 0 Å². The molecule has 122 valence electrons. The molecule has 1 nitrogen and oxygen atoms in total. The normalized spacial score (nSPS) is 18.1. The highest BCUT2D eigenvalue weighted by Crippen LogP contribution is 2.24. The summed E-state index contributed by atoms with van der Waals surface area (Å²) in [7, 11) is 0. The minimum absolute atomic E-state index is 0.514. The van der Waals surface area contributed by atoms with Crippen LogP contribution in [0.3, 0.4) is 0 Å². The van der Waals surface area contributed by atoms with Crippen LogP contribution in [0.2, 0.25) is 0 Å². The second-order valence-electron chi connectivity index (χ2n) is 6.78. The highest BCUT2D eigenvalue weighted by molar-refractivity contribution is 5.13. The van der Waals surface area contributed by atoms with E-state index in [2.05, 4.69) is 25.4 Å². The summed E-state index contributed by atoms with van der Waals surface area (Å²) in [5.74, 6) is 0. The van der Waals surface area contributed by atoms with Crippen LogP contribution >= 0.6 is 0 Å². The van der Waals surface area contributed by atoms with Gasteiger partial charge in [-0.1, -0.05) is 83.4 Å². The maximum atomic E-state index is 4.18. The molecule has 0 saturated heterocycles. The van der Waals surface area contributed by atoms with E-state index in [1.54, 1.807) is 0 Å². The van der Waals surface area contributed by atoms with E-state index in [0.29, 0.717) is 6.04 Å². The molecular formula is C20H37N. The van der Waals surface area contributed by atoms with E-state index in [0.717, 1.165) is 6.42 Å². The summed E-state index contributed by atoms with van der Waals surface area (Å²) in [6.45, 7) is 10.6. The molecule has 0 radical (unpaired) electrons. The molecular weight excluding hydrogens is 254 g/mol. The maximum Gasteiger partial charge on any atom is 0.0468 e. The Kier molecular flexibility index (Phi) is 10.4. The van der Waals surface area contributed by atoms with E-state index < -0.39 is 0 Å². The van der Waals surface area contributed by atoms with Crippen molar-refractivity contribution in [3.63, 3.8) is 0 Å². The standard InChI is InChI=1S/C20H37N/c1-4-5-6-7-8-9-10-11-12-13-16-19(3)21-20-17-14-15-18(20)2/h20-21H,2-17H2,1H3. The Morgan fingerprint density at radius 2 is 1.57 bits per heavy atom. The zero-order chi connectivity index (χ0) is 15.3. The fourth-order valence-electron chi connectivity index (χ4n) is 3.23. The smallest absolute Gasteiger partial charge is 0.0468 e. The second kappa shape index (κ2) is 11.9. The Morgan fingerprint density at radius 1 is 1.00 bits per heavy atom. The van der Waals surface area contributed by atoms with Gasteiger partial charge in [0.1, 0.15) is 0 Å². The van der Waals surface area contributed by atoms with Gasteiger partial charge in [-0.3, -0.25) is 0 Å². The van der Waals surface area contributed by atoms with Crippen molar-refractivity contribution in [2.24, 2.45) is 0 Å². The summed E-state index contributed by atoms with van der Waals surface area (Å²) >= 11 is 0. The number of nitrogens with one attached hydrogen (secondary N) is 1. The van der Waals surface area contributed by atoms with Crippen LogP contribution in [0.5, 0.6) is 0 Å². The molecule has 0 aromatic carbocycles. The van der Waals surface area contributed by atoms with Crippen LogP contribution in [-0.4, -0.2) is 6.04 Å². The van der Waals surface area contributed by atoms with Crippen LogP contribution in [0.25, 0.3) is 0 Å². The van der Waals surface area contributed by atoms with E-state index in [-0.39, 0.29) is 0 Å². The van der Waals surface area contributed by atoms with E-state index >= 15 is 0 Å². The van der Waals surface area contributed by atoms with Gasteiger partial charge in [0.05, 0.1) is 0 Å². The summed E-state index contributed by atoms with van der Waals surface area (Å²) < 4.78 is 0. The largest absolute Gasteiger partial charge is 0.382 e. The molecule has 1 atom stereocenters. The lowest BCUT2D eigenvalue weighted by atomic mass is 10.1. The SMILES string of the molecule is C=C(CCCCCCCCCCCC)NC1CCCC1=C. The quantitative estimate of drug-likeness (QED) is 0.301. The Bertz CT molecular complexity index is 292. The van der Waals surface area contributed by atoms with Gasteiger partial charge < -0.3 is 5.32 Å². The lowest BCUT2D eigenvalue weighted by Crippen LogP contribution is -2.26. The van der Waals surface area contributed by atoms with Crippen molar-refractivity contribution < 1.29 is 0 Å². The molecule has 0 aliphatic heterocycles. The molecule has 1 aliphatic rings. The molecule has 1 N–H and O–H groups in total. The molecule has 0 heterocycles. The molecule has 0 aromatic rings. The molecule has 21 heavy (non-hydrogen) atoms. The van der Waals surface area contributed by atoms with Gasteiger partial charge in [-0.2, -0.15) is 0 Å². The zero-order valence-corrected chi connectivity index (χ0v) is 14.4. The fourth-order valence-corrected chi connectivity index (χ4v) is 3.23. The molecule has 0 amide bonds. The highest BCUT2D eigenvalue weighted by atomic mass is 14.9. The van der Waals surface area contributed by atoms with Crippen LogP contribution in [0, 0.1) is 0 Å². The van der Waals surface area contributed by atoms with E-state index in [4.69, 9.17) is 0 Å². The van der Waals surface area contributed by atoms with Crippen LogP contribution in [0.1, 0.15) is 96.8 Å². The minimum atomic E-state index is 0.514. The number of allylic oxidation sites excluding steroid dienone is 1. The van der Waals surface area contributed by atoms with Crippen LogP contribution in [0.4, 0.5) is 0 Å². The first-order valence-electron chi connectivity index (χ1n) is 9.36. The number of hydrogen-bond donors (Lipinski definition) is 1. The predicted octanol–water partition coefficient (Wildman–Crippen LogP) is 6.51. The van der Waals surface area contributed by atoms with E-state index in [9.17, 15) is 0 Å². The van der Waals surface area contributed by atoms with E-state index in [1.165, 1.54) is 94.7 Å². The van der Waals surface area contributed by atoms with Crippen molar-refractivity contribution >= 4 is 0 Å². The molecule has 1 unspecified atom stereocenters. The Morgan fingerprint density at radius 3 is 2.10 bits per heavy atom. The third-order valence-electron chi connectivity index (χ3n) is 4.69. The second-order valence-corrected chi connectivity index (χ2v) is 6.78. The fraction of sp³-hybridized carbons (Fsp3) is 0.800. The summed E-state index contributed by atoms with van der Waals surface area (Å²) in [5.41, 5.74) is 2.60. The van der Waals surface area contributed by atoms with Crippen molar-refractivity contribution in [1.29, 1.82) is 0 Å². The summed E-state index contributed by atoms with van der Waals surface area (Å²) in [6.07, 6.45) is 18.9. The average molecular weight is 292 g/mol. The first kappa shape index (κ1) is 18.3. The van der Waals surface area contributed by atoms with Crippen molar-refractivity contribution in [3.05, 3.63) is 24.4 Å². The highest BCUT2D eigenvalue weighted by Gasteiger charge is 2.18. The van der Waals surface area contributed by atoms with Gasteiger partial charge in [-0.15, -0.1) is 0 Å². The van der Waals surface area contributed by atoms with Gasteiger partial charge in [-0.25, -0.2) is 0 Å². The molecule has 0 bridgehead atoms. The number of hydrogen-bond acceptors (Lipinski definition) is 1. The van der Waals surface area contributed by atoms with Crippen molar-refractivity contribution in [2.75, 3.05) is 0 Å². The summed E-state index contributed by atoms with van der Waals surface area (Å²) in [4.78, 5) is 0. The third-order valence-corrected chi connectivity index (χ3v) is 4.69. The summed E-state index contributed by atoms with van der Waals surface area (Å²) in [5, 5.41) is 3.57. The average Bonchev–Trinajstić information content (AvgIpc) is 2.86. The molecule has 0 aromatic heterocycles. The number of rotatable bonds is 13. The van der Waals surface area contributed by atoms with Crippen molar-refractivity contribution in [2.45, 2.75) is 103 Å². The van der Waals surface area contributed by atoms with Gasteiger partial charge in [0.2, 0.25) is 0 Å². The molecule has 1 rings (SSSR count). The lowest BCUT2D eigenvalue weighted by Gasteiger charge is -2.17. The monoisotopic (exact) mass is 291 g/mol. The topological polar surface area (TPSA) is 12.0 Å². The van der Waals surface area contributed by atoms with Crippen LogP contribution in [0.15, 0.2) is 24.4 Å². The zero-order valence-electron chi connectivity index (χ0n) is 14.4. The van der Waals surface area contributed by atoms with Crippen LogP contribution < -0.4 is 5.32 Å². The van der Waals surface area contributed by atoms with Crippen molar-refractivity contribution in [3.8, 4) is 0 Å². The molecule has 1 fully saturated rings. The molecule has 1 aliphatic carbocycles. The first-order valence-corrected chi connectivity index (χ1v) is 9.36. The maximum absolute atomic E-state index is 4.18. The van der Waals surface area contributed by atoms with Gasteiger partial charge in [0.15, 0.2) is 0 Å². The minimum Gasteiger partial charge on any atom is -0.382 e. The Balaban J connectivity index is 1.85. The predicted molar refractivity (Wildman–Crippen MR) is 95.5 cm³/mol. The lowest BCUT2D eigenvalue weighted by molar-refractivity contribution is 0.548. The van der Waals surface area contributed by atoms with Gasteiger partial charge in [-0.05, 0) is 32.1 Å². The molecule has 1 saturated carbocycles. The van der Waals surface area contributed by atoms with Crippen molar-refractivity contribution in [1.82, 2.24) is 5.32 Å². The van der Waals surface area contributed by atoms with Gasteiger partial charge in [0.25, 0.3) is 0 Å². The third kappa shape index (κ3) is 9.01. The summed E-state index contributed by atoms with van der Waals surface area (Å²) in [6, 6.07) is 0.514. The number of unbranched alkanes of at least 4 members (excludes halogenated alkanes) is 9. The van der Waals surface area contributed by atoms with Gasteiger partial charge in [0, 0.05) is 11.7 Å². The first-order chi connectivity index (χ1) is 10.2. The Hall–Kier alpha value is -0.720. The van der Waals surface area contributed by atoms with Crippen LogP contribution in [-0.2, 0) is 0 Å².